The van der Waals surface area contributed by atoms with Crippen molar-refractivity contribution in [3.05, 3.63) is 104 Å². The number of anilines is 1. The predicted molar refractivity (Wildman–Crippen MR) is 107 cm³/mol. The number of amides is 1. The quantitative estimate of drug-likeness (QED) is 0.479. The van der Waals surface area contributed by atoms with Gasteiger partial charge in [0, 0.05) is 30.1 Å². The Morgan fingerprint density at radius 1 is 1.13 bits per heavy atom. The molecule has 0 fully saturated rings. The van der Waals surface area contributed by atoms with Gasteiger partial charge in [-0.25, -0.2) is 0 Å². The number of hydrogen-bond acceptors (Lipinski definition) is 4. The van der Waals surface area contributed by atoms with Crippen LogP contribution >= 0.6 is 0 Å². The zero-order valence-corrected chi connectivity index (χ0v) is 16.1. The van der Waals surface area contributed by atoms with E-state index in [1.54, 1.807) is 6.92 Å². The average molecular weight is 431 g/mol. The summed E-state index contributed by atoms with van der Waals surface area (Å²) in [4.78, 5) is 35.0. The zero-order valence-electron chi connectivity index (χ0n) is 16.1. The van der Waals surface area contributed by atoms with Crippen molar-refractivity contribution in [3.8, 4) is 0 Å². The Morgan fingerprint density at radius 3 is 2.52 bits per heavy atom. The van der Waals surface area contributed by atoms with Crippen LogP contribution in [0.4, 0.5) is 24.5 Å². The van der Waals surface area contributed by atoms with Gasteiger partial charge in [-0.2, -0.15) is 13.2 Å². The number of nitro groups is 1. The highest BCUT2D eigenvalue weighted by molar-refractivity contribution is 6.04. The van der Waals surface area contributed by atoms with E-state index in [1.807, 2.05) is 0 Å². The number of carbonyl (C=O) groups is 1. The maximum Gasteiger partial charge on any atom is 0.416 e. The largest absolute Gasteiger partial charge is 0.416 e. The van der Waals surface area contributed by atoms with Gasteiger partial charge < -0.3 is 9.88 Å². The van der Waals surface area contributed by atoms with Crippen molar-refractivity contribution in [2.24, 2.45) is 0 Å². The lowest BCUT2D eigenvalue weighted by atomic mass is 10.1. The predicted octanol–water partition coefficient (Wildman–Crippen LogP) is 4.38. The summed E-state index contributed by atoms with van der Waals surface area (Å²) in [7, 11) is 0. The third-order valence-corrected chi connectivity index (χ3v) is 4.52. The van der Waals surface area contributed by atoms with Gasteiger partial charge in [0.05, 0.1) is 22.6 Å². The Bertz CT molecular complexity index is 1220. The molecule has 0 bridgehead atoms. The first-order valence-electron chi connectivity index (χ1n) is 8.97. The number of alkyl halides is 3. The van der Waals surface area contributed by atoms with Gasteiger partial charge in [-0.1, -0.05) is 12.1 Å². The fraction of sp³-hybridized carbons (Fsp3) is 0.143. The van der Waals surface area contributed by atoms with E-state index in [0.29, 0.717) is 11.3 Å². The molecule has 3 rings (SSSR count). The maximum atomic E-state index is 12.9. The van der Waals surface area contributed by atoms with Crippen molar-refractivity contribution in [2.45, 2.75) is 19.6 Å². The second-order valence-corrected chi connectivity index (χ2v) is 6.79. The Labute approximate surface area is 173 Å². The molecule has 160 valence electrons. The molecule has 0 saturated heterocycles. The van der Waals surface area contributed by atoms with Gasteiger partial charge in [-0.3, -0.25) is 19.7 Å². The smallest absolute Gasteiger partial charge is 0.322 e. The third kappa shape index (κ3) is 5.16. The maximum absolute atomic E-state index is 12.9. The highest BCUT2D eigenvalue weighted by Gasteiger charge is 2.30. The Hall–Kier alpha value is -3.95. The molecule has 0 unspecified atom stereocenters. The fourth-order valence-corrected chi connectivity index (χ4v) is 2.93. The first kappa shape index (κ1) is 21.8. The van der Waals surface area contributed by atoms with Crippen molar-refractivity contribution in [2.75, 3.05) is 5.32 Å². The van der Waals surface area contributed by atoms with Crippen LogP contribution in [0.15, 0.2) is 65.6 Å². The summed E-state index contributed by atoms with van der Waals surface area (Å²) in [6.07, 6.45) is -3.26. The van der Waals surface area contributed by atoms with Gasteiger partial charge in [0.2, 0.25) is 0 Å². The molecule has 0 aliphatic heterocycles. The summed E-state index contributed by atoms with van der Waals surface area (Å²) >= 11 is 0. The van der Waals surface area contributed by atoms with Crippen LogP contribution in [0.2, 0.25) is 0 Å². The summed E-state index contributed by atoms with van der Waals surface area (Å²) < 4.78 is 39.8. The van der Waals surface area contributed by atoms with Crippen molar-refractivity contribution in [1.29, 1.82) is 0 Å². The van der Waals surface area contributed by atoms with Gasteiger partial charge in [0.15, 0.2) is 0 Å². The summed E-state index contributed by atoms with van der Waals surface area (Å²) in [6, 6.07) is 11.0. The zero-order chi connectivity index (χ0) is 22.8. The van der Waals surface area contributed by atoms with Gasteiger partial charge >= 0.3 is 6.18 Å². The highest BCUT2D eigenvalue weighted by Crippen LogP contribution is 2.29. The molecule has 1 N–H and O–H groups in total. The average Bonchev–Trinajstić information content (AvgIpc) is 2.70. The lowest BCUT2D eigenvalue weighted by Crippen LogP contribution is -2.23. The molecular formula is C21H16F3N3O4. The van der Waals surface area contributed by atoms with Gasteiger partial charge in [0.25, 0.3) is 17.2 Å². The van der Waals surface area contributed by atoms with Crippen LogP contribution in [0, 0.1) is 17.0 Å². The highest BCUT2D eigenvalue weighted by atomic mass is 19.4. The van der Waals surface area contributed by atoms with Gasteiger partial charge in [-0.05, 0) is 42.3 Å². The molecule has 0 spiro atoms. The molecule has 0 aliphatic carbocycles. The molecule has 10 heteroatoms. The van der Waals surface area contributed by atoms with Crippen molar-refractivity contribution >= 4 is 17.3 Å². The van der Waals surface area contributed by atoms with Crippen LogP contribution in [-0.4, -0.2) is 15.4 Å². The molecular weight excluding hydrogens is 415 g/mol. The van der Waals surface area contributed by atoms with E-state index in [-0.39, 0.29) is 23.4 Å². The van der Waals surface area contributed by atoms with E-state index in [9.17, 15) is 32.9 Å². The SMILES string of the molecule is Cc1cc([N+](=O)[O-])ccc1NC(=O)c1ccc(=O)n(Cc2cccc(C(F)(F)F)c2)c1. The number of benzene rings is 2. The Balaban J connectivity index is 1.83. The number of aromatic nitrogens is 1. The van der Waals surface area contributed by atoms with Crippen LogP contribution in [0.25, 0.3) is 0 Å². The molecule has 2 aromatic carbocycles. The number of hydrogen-bond donors (Lipinski definition) is 1. The van der Waals surface area contributed by atoms with Crippen LogP contribution in [-0.2, 0) is 12.7 Å². The molecule has 7 nitrogen and oxygen atoms in total. The first-order chi connectivity index (χ1) is 14.5. The van der Waals surface area contributed by atoms with Crippen LogP contribution in [0.1, 0.15) is 27.0 Å². The standard InChI is InChI=1S/C21H16F3N3O4/c1-13-9-17(27(30)31)6-7-18(13)25-20(29)15-5-8-19(28)26(12-15)11-14-3-2-4-16(10-14)21(22,23)24/h2-10,12H,11H2,1H3,(H,25,29). The Morgan fingerprint density at radius 2 is 1.87 bits per heavy atom. The second kappa shape index (κ2) is 8.42. The first-order valence-corrected chi connectivity index (χ1v) is 8.97. The summed E-state index contributed by atoms with van der Waals surface area (Å²) in [5.41, 5.74) is -0.262. The molecule has 0 saturated carbocycles. The minimum atomic E-state index is -4.51. The molecule has 1 heterocycles. The summed E-state index contributed by atoms with van der Waals surface area (Å²) in [5, 5.41) is 13.4. The van der Waals surface area contributed by atoms with E-state index in [2.05, 4.69) is 5.32 Å². The van der Waals surface area contributed by atoms with Gasteiger partial charge in [-0.15, -0.1) is 0 Å². The van der Waals surface area contributed by atoms with E-state index in [4.69, 9.17) is 0 Å². The molecule has 31 heavy (non-hydrogen) atoms. The third-order valence-electron chi connectivity index (χ3n) is 4.52. The van der Waals surface area contributed by atoms with Crippen molar-refractivity contribution in [1.82, 2.24) is 4.57 Å². The molecule has 3 aromatic rings. The van der Waals surface area contributed by atoms with E-state index in [0.717, 1.165) is 22.8 Å². The van der Waals surface area contributed by atoms with E-state index >= 15 is 0 Å². The fourth-order valence-electron chi connectivity index (χ4n) is 2.93. The number of rotatable bonds is 5. The number of pyridine rings is 1. The number of halogens is 3. The molecule has 1 amide bonds. The number of nitrogens with zero attached hydrogens (tertiary/aromatic N) is 2. The second-order valence-electron chi connectivity index (χ2n) is 6.79. The van der Waals surface area contributed by atoms with Crippen molar-refractivity contribution < 1.29 is 22.9 Å². The minimum Gasteiger partial charge on any atom is -0.322 e. The monoisotopic (exact) mass is 431 g/mol. The van der Waals surface area contributed by atoms with Crippen LogP contribution < -0.4 is 10.9 Å². The lowest BCUT2D eigenvalue weighted by molar-refractivity contribution is -0.384. The van der Waals surface area contributed by atoms with E-state index in [1.165, 1.54) is 42.6 Å². The number of non-ortho nitro benzene ring substituents is 1. The molecule has 0 atom stereocenters. The van der Waals surface area contributed by atoms with Gasteiger partial charge in [0.1, 0.15) is 0 Å². The number of carbonyl (C=O) groups excluding carboxylic acids is 1. The Kier molecular flexibility index (Phi) is 5.91. The number of aryl methyl sites for hydroxylation is 1. The van der Waals surface area contributed by atoms with Crippen LogP contribution in [0.5, 0.6) is 0 Å². The normalized spacial score (nSPS) is 11.2. The summed E-state index contributed by atoms with van der Waals surface area (Å²) in [6.45, 7) is 1.44. The minimum absolute atomic E-state index is 0.101. The molecule has 0 aliphatic rings. The molecule has 0 radical (unpaired) electrons. The van der Waals surface area contributed by atoms with E-state index < -0.39 is 28.1 Å². The van der Waals surface area contributed by atoms with Crippen LogP contribution in [0.3, 0.4) is 0 Å². The molecule has 1 aromatic heterocycles. The summed E-state index contributed by atoms with van der Waals surface area (Å²) in [5.74, 6) is -0.574. The number of nitro benzene ring substituents is 1. The van der Waals surface area contributed by atoms with Crippen molar-refractivity contribution in [3.63, 3.8) is 0 Å². The topological polar surface area (TPSA) is 94.2 Å². The lowest BCUT2D eigenvalue weighted by Gasteiger charge is -2.12. The number of nitrogens with one attached hydrogen (secondary N) is 1.